The van der Waals surface area contributed by atoms with Crippen LogP contribution in [0, 0.1) is 12.7 Å². The van der Waals surface area contributed by atoms with Gasteiger partial charge in [0, 0.05) is 16.3 Å². The highest BCUT2D eigenvalue weighted by atomic mass is 35.5. The molecule has 0 saturated heterocycles. The molecule has 0 aliphatic carbocycles. The summed E-state index contributed by atoms with van der Waals surface area (Å²) in [6.07, 6.45) is 0.774. The monoisotopic (exact) mass is 291 g/mol. The zero-order valence-corrected chi connectivity index (χ0v) is 12.1. The minimum atomic E-state index is -0.256. The van der Waals surface area contributed by atoms with Gasteiger partial charge < -0.3 is 10.1 Å². The van der Waals surface area contributed by atoms with Gasteiger partial charge in [0.05, 0.1) is 13.2 Å². The lowest BCUT2D eigenvalue weighted by molar-refractivity contribution is 0.406. The van der Waals surface area contributed by atoms with Crippen molar-refractivity contribution >= 4 is 17.3 Å². The highest BCUT2D eigenvalue weighted by Crippen LogP contribution is 2.40. The fourth-order valence-electron chi connectivity index (χ4n) is 2.79. The van der Waals surface area contributed by atoms with E-state index < -0.39 is 0 Å². The van der Waals surface area contributed by atoms with E-state index >= 15 is 0 Å². The second-order valence-corrected chi connectivity index (χ2v) is 5.48. The molecule has 1 aliphatic heterocycles. The molecular weight excluding hydrogens is 277 g/mol. The van der Waals surface area contributed by atoms with Crippen LogP contribution < -0.4 is 10.1 Å². The number of rotatable bonds is 2. The molecule has 0 amide bonds. The number of ether oxygens (including phenoxy) is 1. The first kappa shape index (κ1) is 13.3. The van der Waals surface area contributed by atoms with Crippen LogP contribution in [0.15, 0.2) is 30.3 Å². The molecule has 0 bridgehead atoms. The summed E-state index contributed by atoms with van der Waals surface area (Å²) in [7, 11) is 1.60. The SMILES string of the molecule is COc1ccc(F)cc1C1Cc2cc(Cl)cc(C)c2N1. The summed E-state index contributed by atoms with van der Waals surface area (Å²) in [6.45, 7) is 2.02. The summed E-state index contributed by atoms with van der Waals surface area (Å²) in [4.78, 5) is 0. The number of benzene rings is 2. The normalized spacial score (nSPS) is 16.7. The minimum Gasteiger partial charge on any atom is -0.496 e. The Labute approximate surface area is 122 Å². The van der Waals surface area contributed by atoms with E-state index in [-0.39, 0.29) is 11.9 Å². The third-order valence-corrected chi connectivity index (χ3v) is 3.91. The van der Waals surface area contributed by atoms with Gasteiger partial charge in [-0.15, -0.1) is 0 Å². The summed E-state index contributed by atoms with van der Waals surface area (Å²) >= 11 is 6.09. The van der Waals surface area contributed by atoms with Gasteiger partial charge in [0.25, 0.3) is 0 Å². The second-order valence-electron chi connectivity index (χ2n) is 5.04. The topological polar surface area (TPSA) is 21.3 Å². The third kappa shape index (κ3) is 2.22. The Bertz CT molecular complexity index is 672. The Morgan fingerprint density at radius 3 is 2.85 bits per heavy atom. The van der Waals surface area contributed by atoms with Gasteiger partial charge in [-0.05, 0) is 54.8 Å². The molecule has 1 atom stereocenters. The quantitative estimate of drug-likeness (QED) is 0.879. The van der Waals surface area contributed by atoms with Crippen LogP contribution in [-0.2, 0) is 6.42 Å². The predicted octanol–water partition coefficient (Wildman–Crippen LogP) is 4.51. The lowest BCUT2D eigenvalue weighted by atomic mass is 10.0. The Balaban J connectivity index is 2.00. The van der Waals surface area contributed by atoms with Crippen LogP contribution in [-0.4, -0.2) is 7.11 Å². The van der Waals surface area contributed by atoms with Gasteiger partial charge in [-0.25, -0.2) is 4.39 Å². The van der Waals surface area contributed by atoms with Gasteiger partial charge in [-0.1, -0.05) is 11.6 Å². The number of halogens is 2. The Kier molecular flexibility index (Phi) is 3.30. The van der Waals surface area contributed by atoms with Crippen molar-refractivity contribution in [2.24, 2.45) is 0 Å². The average molecular weight is 292 g/mol. The molecule has 2 nitrogen and oxygen atoms in total. The van der Waals surface area contributed by atoms with E-state index in [9.17, 15) is 4.39 Å². The van der Waals surface area contributed by atoms with Crippen LogP contribution in [0.2, 0.25) is 5.02 Å². The van der Waals surface area contributed by atoms with E-state index in [0.29, 0.717) is 5.75 Å². The summed E-state index contributed by atoms with van der Waals surface area (Å²) in [6, 6.07) is 8.50. The summed E-state index contributed by atoms with van der Waals surface area (Å²) in [5.41, 5.74) is 4.18. The van der Waals surface area contributed by atoms with E-state index in [1.54, 1.807) is 13.2 Å². The standard InChI is InChI=1S/C16H15ClFNO/c1-9-5-11(17)6-10-7-14(19-16(9)10)13-8-12(18)3-4-15(13)20-2/h3-6,8,14,19H,7H2,1-2H3. The van der Waals surface area contributed by atoms with E-state index in [1.165, 1.54) is 12.1 Å². The van der Waals surface area contributed by atoms with Crippen LogP contribution in [0.1, 0.15) is 22.7 Å². The van der Waals surface area contributed by atoms with Crippen molar-refractivity contribution in [1.29, 1.82) is 0 Å². The van der Waals surface area contributed by atoms with Crippen molar-refractivity contribution in [2.75, 3.05) is 12.4 Å². The molecule has 0 saturated carbocycles. The predicted molar refractivity (Wildman–Crippen MR) is 79.2 cm³/mol. The highest BCUT2D eigenvalue weighted by Gasteiger charge is 2.26. The summed E-state index contributed by atoms with van der Waals surface area (Å²) < 4.78 is 18.8. The van der Waals surface area contributed by atoms with Gasteiger partial charge in [0.2, 0.25) is 0 Å². The lowest BCUT2D eigenvalue weighted by Crippen LogP contribution is -2.08. The molecule has 0 fully saturated rings. The molecular formula is C16H15ClFNO. The maximum Gasteiger partial charge on any atom is 0.124 e. The molecule has 0 aromatic heterocycles. The molecule has 1 N–H and O–H groups in total. The summed E-state index contributed by atoms with van der Waals surface area (Å²) in [5.74, 6) is 0.439. The molecule has 0 radical (unpaired) electrons. The molecule has 2 aromatic carbocycles. The molecule has 104 valence electrons. The smallest absolute Gasteiger partial charge is 0.124 e. The molecule has 20 heavy (non-hydrogen) atoms. The fourth-order valence-corrected chi connectivity index (χ4v) is 3.09. The Morgan fingerprint density at radius 1 is 1.30 bits per heavy atom. The third-order valence-electron chi connectivity index (χ3n) is 3.69. The number of aryl methyl sites for hydroxylation is 1. The molecule has 1 unspecified atom stereocenters. The van der Waals surface area contributed by atoms with Gasteiger partial charge in [0.1, 0.15) is 11.6 Å². The molecule has 1 aliphatic rings. The zero-order chi connectivity index (χ0) is 14.3. The fraction of sp³-hybridized carbons (Fsp3) is 0.250. The van der Waals surface area contributed by atoms with Gasteiger partial charge in [-0.3, -0.25) is 0 Å². The van der Waals surface area contributed by atoms with Crippen molar-refractivity contribution in [3.05, 3.63) is 57.9 Å². The van der Waals surface area contributed by atoms with Crippen molar-refractivity contribution in [3.63, 3.8) is 0 Å². The Hall–Kier alpha value is -1.74. The van der Waals surface area contributed by atoms with Gasteiger partial charge in [-0.2, -0.15) is 0 Å². The van der Waals surface area contributed by atoms with Crippen LogP contribution in [0.3, 0.4) is 0 Å². The number of hydrogen-bond donors (Lipinski definition) is 1. The van der Waals surface area contributed by atoms with Crippen LogP contribution in [0.5, 0.6) is 5.75 Å². The number of hydrogen-bond acceptors (Lipinski definition) is 2. The van der Waals surface area contributed by atoms with E-state index in [2.05, 4.69) is 5.32 Å². The van der Waals surface area contributed by atoms with Crippen molar-refractivity contribution in [2.45, 2.75) is 19.4 Å². The number of anilines is 1. The van der Waals surface area contributed by atoms with Crippen LogP contribution in [0.25, 0.3) is 0 Å². The second kappa shape index (κ2) is 4.98. The Morgan fingerprint density at radius 2 is 2.10 bits per heavy atom. The average Bonchev–Trinajstić information content (AvgIpc) is 2.82. The molecule has 0 spiro atoms. The molecule has 1 heterocycles. The van der Waals surface area contributed by atoms with Crippen molar-refractivity contribution < 1.29 is 9.13 Å². The van der Waals surface area contributed by atoms with E-state index in [0.717, 1.165) is 33.8 Å². The van der Waals surface area contributed by atoms with Crippen LogP contribution in [0.4, 0.5) is 10.1 Å². The van der Waals surface area contributed by atoms with Gasteiger partial charge in [0.15, 0.2) is 0 Å². The van der Waals surface area contributed by atoms with E-state index in [4.69, 9.17) is 16.3 Å². The molecule has 2 aromatic rings. The maximum atomic E-state index is 13.5. The van der Waals surface area contributed by atoms with Crippen molar-refractivity contribution in [1.82, 2.24) is 0 Å². The minimum absolute atomic E-state index is 0.00724. The number of fused-ring (bicyclic) bond motifs is 1. The van der Waals surface area contributed by atoms with Gasteiger partial charge >= 0.3 is 0 Å². The largest absolute Gasteiger partial charge is 0.496 e. The first-order chi connectivity index (χ1) is 9.58. The zero-order valence-electron chi connectivity index (χ0n) is 11.3. The van der Waals surface area contributed by atoms with E-state index in [1.807, 2.05) is 19.1 Å². The maximum absolute atomic E-state index is 13.5. The van der Waals surface area contributed by atoms with Crippen LogP contribution >= 0.6 is 11.6 Å². The first-order valence-electron chi connectivity index (χ1n) is 6.47. The number of methoxy groups -OCH3 is 1. The molecule has 4 heteroatoms. The first-order valence-corrected chi connectivity index (χ1v) is 6.85. The molecule has 3 rings (SSSR count). The number of nitrogens with one attached hydrogen (secondary N) is 1. The lowest BCUT2D eigenvalue weighted by Gasteiger charge is -2.16. The summed E-state index contributed by atoms with van der Waals surface area (Å²) in [5, 5.41) is 4.17. The highest BCUT2D eigenvalue weighted by molar-refractivity contribution is 6.30. The van der Waals surface area contributed by atoms with Crippen molar-refractivity contribution in [3.8, 4) is 5.75 Å².